The number of methoxy groups -OCH3 is 2. The van der Waals surface area contributed by atoms with Crippen molar-refractivity contribution < 1.29 is 58.0 Å². The molecule has 4 rings (SSSR count). The van der Waals surface area contributed by atoms with E-state index in [9.17, 15) is 14.7 Å². The number of morpholine rings is 1. The molecule has 2 N–H and O–H groups in total. The van der Waals surface area contributed by atoms with Gasteiger partial charge in [0.1, 0.15) is 17.1 Å². The summed E-state index contributed by atoms with van der Waals surface area (Å²) >= 11 is 0. The van der Waals surface area contributed by atoms with Crippen LogP contribution >= 0.6 is 0 Å². The number of carbonyl (C=O) groups is 1. The Bertz CT molecular complexity index is 1260. The largest absolute Gasteiger partial charge is 1.00 e. The Morgan fingerprint density at radius 2 is 1.32 bits per heavy atom. The average molecular weight is 641 g/mol. The minimum absolute atomic E-state index is 0. The zero-order chi connectivity index (χ0) is 31.9. The van der Waals surface area contributed by atoms with Crippen molar-refractivity contribution in [1.82, 2.24) is 4.90 Å². The van der Waals surface area contributed by atoms with Crippen molar-refractivity contribution in [2.45, 2.75) is 69.2 Å². The maximum absolute atomic E-state index is 13.2. The smallest absolute Gasteiger partial charge is 0.870 e. The summed E-state index contributed by atoms with van der Waals surface area (Å²) in [5.74, 6) is 1.54. The van der Waals surface area contributed by atoms with Gasteiger partial charge in [-0.3, -0.25) is 11.1 Å². The van der Waals surface area contributed by atoms with Gasteiger partial charge in [-0.2, -0.15) is 6.42 Å². The van der Waals surface area contributed by atoms with Crippen LogP contribution in [0.4, 0.5) is 0 Å². The minimum Gasteiger partial charge on any atom is -0.870 e. The van der Waals surface area contributed by atoms with Gasteiger partial charge >= 0.3 is 18.9 Å². The average Bonchev–Trinajstić information content (AvgIpc) is 3.10. The zero-order valence-electron chi connectivity index (χ0n) is 27.9. The van der Waals surface area contributed by atoms with E-state index in [-0.39, 0.29) is 43.5 Å². The molecule has 0 saturated carbocycles. The molecule has 0 radical (unpaired) electrons. The van der Waals surface area contributed by atoms with E-state index in [2.05, 4.69) is 0 Å². The molecule has 1 saturated heterocycles. The van der Waals surface area contributed by atoms with Crippen LogP contribution in [0.25, 0.3) is 0 Å². The third-order valence-corrected chi connectivity index (χ3v) is 8.37. The van der Waals surface area contributed by atoms with Crippen LogP contribution in [0.15, 0.2) is 78.9 Å². The van der Waals surface area contributed by atoms with E-state index in [1.807, 2.05) is 90.0 Å². The molecule has 0 aromatic heterocycles. The normalized spacial score (nSPS) is 16.0. The second-order valence-electron chi connectivity index (χ2n) is 11.4. The van der Waals surface area contributed by atoms with Crippen molar-refractivity contribution in [2.24, 2.45) is 0 Å². The first-order chi connectivity index (χ1) is 22.0. The van der Waals surface area contributed by atoms with Gasteiger partial charge < -0.3 is 39.2 Å². The second kappa shape index (κ2) is 20.9. The third kappa shape index (κ3) is 10.9. The van der Waals surface area contributed by atoms with Crippen molar-refractivity contribution in [1.29, 1.82) is 0 Å². The molecule has 0 aliphatic carbocycles. The van der Waals surface area contributed by atoms with Crippen LogP contribution in [-0.2, 0) is 24.7 Å². The summed E-state index contributed by atoms with van der Waals surface area (Å²) in [6.45, 7) is 0.743. The van der Waals surface area contributed by atoms with E-state index in [4.69, 9.17) is 18.9 Å². The van der Waals surface area contributed by atoms with Gasteiger partial charge in [-0.25, -0.2) is 0 Å². The number of aliphatic hydroxyl groups excluding tert-OH is 1. The SMILES string of the molecule is COc1ccc(C(OC[C@@H]2CN(C(=O)CCCCCCCC[C-]=O)CC(CO)O2)(c2ccccc2)c2ccc(OC)cc2)cc1.[Li+].[OH-]. The van der Waals surface area contributed by atoms with Crippen LogP contribution in [0.5, 0.6) is 11.5 Å². The number of benzene rings is 3. The van der Waals surface area contributed by atoms with E-state index in [0.717, 1.165) is 66.7 Å². The van der Waals surface area contributed by atoms with Gasteiger partial charge in [0.2, 0.25) is 5.91 Å². The van der Waals surface area contributed by atoms with Gasteiger partial charge in [0.25, 0.3) is 0 Å². The summed E-state index contributed by atoms with van der Waals surface area (Å²) in [6, 6.07) is 25.7. The zero-order valence-corrected chi connectivity index (χ0v) is 27.9. The number of carbonyl (C=O) groups excluding carboxylic acids is 2. The standard InChI is InChI=1S/C37H46NO7.Li.H2O/c1-42-32-20-16-30(17-21-32)37(29-13-9-8-10-14-29,31-18-22-33(43-2)23-19-31)44-28-35-26-38(25-34(27-40)45-35)36(41)15-11-6-4-3-5-7-12-24-39;;/h8-10,13-14,16-23,34-35,40H,3-7,11-12,15,25-28H2,1-2H3;;1H2/q-1;+1;/p-1/t34?,35-;;/m0../s1. The van der Waals surface area contributed by atoms with Gasteiger partial charge in [-0.15, -0.1) is 0 Å². The summed E-state index contributed by atoms with van der Waals surface area (Å²) in [7, 11) is 3.28. The second-order valence-corrected chi connectivity index (χ2v) is 11.4. The maximum atomic E-state index is 13.2. The molecule has 9 nitrogen and oxygen atoms in total. The summed E-state index contributed by atoms with van der Waals surface area (Å²) < 4.78 is 24.1. The van der Waals surface area contributed by atoms with Crippen LogP contribution in [-0.4, -0.2) is 80.4 Å². The Labute approximate surface area is 291 Å². The molecule has 2 atom stereocenters. The molecule has 1 aliphatic rings. The monoisotopic (exact) mass is 640 g/mol. The van der Waals surface area contributed by atoms with Gasteiger partial charge in [0, 0.05) is 19.5 Å². The molecular formula is C37H47LiNO8-. The van der Waals surface area contributed by atoms with Crippen LogP contribution in [0.1, 0.15) is 68.1 Å². The molecule has 250 valence electrons. The third-order valence-electron chi connectivity index (χ3n) is 8.37. The van der Waals surface area contributed by atoms with Gasteiger partial charge in [0.05, 0.1) is 39.6 Å². The Morgan fingerprint density at radius 3 is 1.85 bits per heavy atom. The first kappa shape index (κ1) is 40.0. The topological polar surface area (TPSA) is 125 Å². The first-order valence-electron chi connectivity index (χ1n) is 15.9. The Morgan fingerprint density at radius 1 is 0.809 bits per heavy atom. The van der Waals surface area contributed by atoms with E-state index >= 15 is 0 Å². The van der Waals surface area contributed by atoms with Crippen molar-refractivity contribution in [3.8, 4) is 11.5 Å². The molecule has 1 unspecified atom stereocenters. The molecular weight excluding hydrogens is 593 g/mol. The van der Waals surface area contributed by atoms with Crippen LogP contribution in [0, 0.1) is 0 Å². The number of unbranched alkanes of at least 4 members (excludes halogenated alkanes) is 6. The van der Waals surface area contributed by atoms with Crippen LogP contribution in [0.2, 0.25) is 0 Å². The number of rotatable bonds is 18. The first-order valence-corrected chi connectivity index (χ1v) is 15.9. The molecule has 3 aromatic rings. The molecule has 1 aliphatic heterocycles. The van der Waals surface area contributed by atoms with E-state index in [0.29, 0.717) is 25.9 Å². The molecule has 1 heterocycles. The fourth-order valence-corrected chi connectivity index (χ4v) is 5.95. The van der Waals surface area contributed by atoms with Crippen molar-refractivity contribution in [3.63, 3.8) is 0 Å². The number of hydrogen-bond acceptors (Lipinski definition) is 8. The Balaban J connectivity index is 0.00000384. The summed E-state index contributed by atoms with van der Waals surface area (Å²) in [5, 5.41) is 10.1. The van der Waals surface area contributed by atoms with Gasteiger partial charge in [-0.1, -0.05) is 86.7 Å². The van der Waals surface area contributed by atoms with Crippen LogP contribution < -0.4 is 28.3 Å². The molecule has 1 fully saturated rings. The predicted octanol–water partition coefficient (Wildman–Crippen LogP) is 2.66. The van der Waals surface area contributed by atoms with Gasteiger partial charge in [-0.05, 0) is 47.4 Å². The number of amides is 1. The fraction of sp³-hybridized carbons (Fsp3) is 0.459. The number of aliphatic hydroxyl groups is 1. The molecule has 1 amide bonds. The number of nitrogens with zero attached hydrogens (tertiary/aromatic N) is 1. The van der Waals surface area contributed by atoms with Crippen molar-refractivity contribution in [3.05, 3.63) is 95.6 Å². The summed E-state index contributed by atoms with van der Waals surface area (Å²) in [6.07, 6.45) is 7.76. The molecule has 3 aromatic carbocycles. The fourth-order valence-electron chi connectivity index (χ4n) is 5.95. The molecule has 10 heteroatoms. The van der Waals surface area contributed by atoms with E-state index in [1.54, 1.807) is 14.2 Å². The number of ether oxygens (including phenoxy) is 4. The quantitative estimate of drug-likeness (QED) is 0.0975. The Kier molecular flexibility index (Phi) is 17.8. The predicted molar refractivity (Wildman–Crippen MR) is 175 cm³/mol. The van der Waals surface area contributed by atoms with E-state index < -0.39 is 17.8 Å². The van der Waals surface area contributed by atoms with Crippen molar-refractivity contribution in [2.75, 3.05) is 40.5 Å². The summed E-state index contributed by atoms with van der Waals surface area (Å²) in [4.78, 5) is 25.4. The van der Waals surface area contributed by atoms with Crippen LogP contribution in [0.3, 0.4) is 0 Å². The minimum atomic E-state index is -1.01. The Hall–Kier alpha value is -3.16. The van der Waals surface area contributed by atoms with Gasteiger partial charge in [0.15, 0.2) is 0 Å². The summed E-state index contributed by atoms with van der Waals surface area (Å²) in [5.41, 5.74) is 1.75. The molecule has 47 heavy (non-hydrogen) atoms. The van der Waals surface area contributed by atoms with Crippen molar-refractivity contribution >= 4 is 12.2 Å². The molecule has 0 bridgehead atoms. The number of hydrogen-bond donors (Lipinski definition) is 1. The molecule has 0 spiro atoms. The van der Waals surface area contributed by atoms with E-state index in [1.165, 1.54) is 0 Å². The maximum Gasteiger partial charge on any atom is 1.00 e.